The first-order valence-electron chi connectivity index (χ1n) is 5.54. The van der Waals surface area contributed by atoms with E-state index in [1.807, 2.05) is 0 Å². The number of halogens is 1. The van der Waals surface area contributed by atoms with Crippen LogP contribution in [0.15, 0.2) is 22.7 Å². The molecule has 1 heterocycles. The van der Waals surface area contributed by atoms with Crippen LogP contribution in [-0.2, 0) is 4.74 Å². The predicted octanol–water partition coefficient (Wildman–Crippen LogP) is 2.06. The van der Waals surface area contributed by atoms with Gasteiger partial charge in [-0.25, -0.2) is 0 Å². The number of hydrogen-bond acceptors (Lipinski definition) is 3. The van der Waals surface area contributed by atoms with Gasteiger partial charge < -0.3 is 15.2 Å². The van der Waals surface area contributed by atoms with Crippen LogP contribution in [0.4, 0.5) is 0 Å². The molecule has 92 valence electrons. The summed E-state index contributed by atoms with van der Waals surface area (Å²) in [6.07, 6.45) is 1.91. The Bertz CT molecular complexity index is 416. The minimum atomic E-state index is -0.177. The molecule has 1 atom stereocenters. The summed E-state index contributed by atoms with van der Waals surface area (Å²) in [7, 11) is 0. The van der Waals surface area contributed by atoms with Gasteiger partial charge in [0.05, 0.1) is 17.1 Å². The average Bonchev–Trinajstić information content (AvgIpc) is 2.34. The fraction of sp³-hybridized carbons (Fsp3) is 0.417. The van der Waals surface area contributed by atoms with Gasteiger partial charge in [-0.15, -0.1) is 0 Å². The Morgan fingerprint density at radius 1 is 1.53 bits per heavy atom. The molecule has 1 aromatic rings. The number of hydrogen-bond donors (Lipinski definition) is 2. The summed E-state index contributed by atoms with van der Waals surface area (Å²) in [5, 5.41) is 12.4. The van der Waals surface area contributed by atoms with Crippen molar-refractivity contribution < 1.29 is 14.6 Å². The van der Waals surface area contributed by atoms with E-state index in [0.29, 0.717) is 16.6 Å². The summed E-state index contributed by atoms with van der Waals surface area (Å²) in [6.45, 7) is 1.33. The molecule has 17 heavy (non-hydrogen) atoms. The Kier molecular flexibility index (Phi) is 4.02. The van der Waals surface area contributed by atoms with E-state index in [-0.39, 0.29) is 17.7 Å². The molecule has 0 bridgehead atoms. The second kappa shape index (κ2) is 5.51. The molecule has 1 fully saturated rings. The van der Waals surface area contributed by atoms with E-state index in [1.165, 1.54) is 6.07 Å². The van der Waals surface area contributed by atoms with Crippen LogP contribution in [0.3, 0.4) is 0 Å². The molecule has 1 amide bonds. The van der Waals surface area contributed by atoms with Crippen LogP contribution in [0.1, 0.15) is 23.2 Å². The zero-order valence-corrected chi connectivity index (χ0v) is 10.9. The van der Waals surface area contributed by atoms with Crippen LogP contribution in [-0.4, -0.2) is 30.3 Å². The molecule has 4 nitrogen and oxygen atoms in total. The number of phenolic OH excluding ortho intramolecular Hbond substituents is 1. The van der Waals surface area contributed by atoms with Crippen molar-refractivity contribution in [1.82, 2.24) is 5.32 Å². The molecular formula is C12H14BrNO3. The lowest BCUT2D eigenvalue weighted by molar-refractivity contribution is 0.0624. The van der Waals surface area contributed by atoms with Gasteiger partial charge in [0.1, 0.15) is 5.75 Å². The van der Waals surface area contributed by atoms with E-state index in [9.17, 15) is 9.90 Å². The average molecular weight is 300 g/mol. The van der Waals surface area contributed by atoms with Crippen molar-refractivity contribution in [3.63, 3.8) is 0 Å². The summed E-state index contributed by atoms with van der Waals surface area (Å²) in [5.74, 6) is -0.110. The molecule has 2 N–H and O–H groups in total. The summed E-state index contributed by atoms with van der Waals surface area (Å²) in [5.41, 5.74) is 0.455. The monoisotopic (exact) mass is 299 g/mol. The molecule has 1 saturated heterocycles. The largest absolute Gasteiger partial charge is 0.507 e. The first-order chi connectivity index (χ1) is 8.16. The van der Waals surface area contributed by atoms with Crippen LogP contribution in [0.25, 0.3) is 0 Å². The molecule has 2 rings (SSSR count). The van der Waals surface area contributed by atoms with Crippen LogP contribution in [0, 0.1) is 0 Å². The van der Waals surface area contributed by atoms with Crippen LogP contribution < -0.4 is 5.32 Å². The molecule has 5 heteroatoms. The summed E-state index contributed by atoms with van der Waals surface area (Å²) >= 11 is 3.18. The number of benzene rings is 1. The lowest BCUT2D eigenvalue weighted by Gasteiger charge is -2.23. The minimum absolute atomic E-state index is 0.0672. The van der Waals surface area contributed by atoms with Gasteiger partial charge >= 0.3 is 0 Å². The molecule has 0 aliphatic carbocycles. The lowest BCUT2D eigenvalue weighted by atomic mass is 10.1. The number of carbonyl (C=O) groups is 1. The molecule has 0 saturated carbocycles. The van der Waals surface area contributed by atoms with E-state index < -0.39 is 0 Å². The Morgan fingerprint density at radius 3 is 3.00 bits per heavy atom. The number of aromatic hydroxyl groups is 1. The van der Waals surface area contributed by atoms with Gasteiger partial charge in [0.15, 0.2) is 0 Å². The van der Waals surface area contributed by atoms with Gasteiger partial charge in [0.25, 0.3) is 5.91 Å². The van der Waals surface area contributed by atoms with E-state index in [1.54, 1.807) is 12.1 Å². The number of rotatable bonds is 2. The number of carbonyl (C=O) groups excluding carboxylic acids is 1. The minimum Gasteiger partial charge on any atom is -0.507 e. The molecule has 0 radical (unpaired) electrons. The van der Waals surface area contributed by atoms with Crippen LogP contribution in [0.5, 0.6) is 5.75 Å². The van der Waals surface area contributed by atoms with E-state index >= 15 is 0 Å². The zero-order valence-electron chi connectivity index (χ0n) is 9.28. The van der Waals surface area contributed by atoms with Gasteiger partial charge in [-0.1, -0.05) is 0 Å². The Labute approximate surface area is 108 Å². The summed E-state index contributed by atoms with van der Waals surface area (Å²) in [4.78, 5) is 11.9. The Hall–Kier alpha value is -1.07. The van der Waals surface area contributed by atoms with Crippen molar-refractivity contribution >= 4 is 21.8 Å². The maximum absolute atomic E-state index is 11.9. The quantitative estimate of drug-likeness (QED) is 0.879. The maximum Gasteiger partial charge on any atom is 0.251 e. The lowest BCUT2D eigenvalue weighted by Crippen LogP contribution is -2.40. The van der Waals surface area contributed by atoms with Crippen molar-refractivity contribution in [2.45, 2.75) is 18.9 Å². The smallest absolute Gasteiger partial charge is 0.251 e. The molecule has 1 aliphatic rings. The van der Waals surface area contributed by atoms with Crippen molar-refractivity contribution in [1.29, 1.82) is 0 Å². The van der Waals surface area contributed by atoms with E-state index in [4.69, 9.17) is 4.74 Å². The number of ether oxygens (including phenoxy) is 1. The highest BCUT2D eigenvalue weighted by molar-refractivity contribution is 9.10. The number of nitrogens with one attached hydrogen (secondary N) is 1. The third-order valence-electron chi connectivity index (χ3n) is 2.70. The first-order valence-corrected chi connectivity index (χ1v) is 6.33. The highest BCUT2D eigenvalue weighted by atomic mass is 79.9. The van der Waals surface area contributed by atoms with E-state index in [0.717, 1.165) is 19.4 Å². The van der Waals surface area contributed by atoms with Gasteiger partial charge in [-0.3, -0.25) is 4.79 Å². The number of amides is 1. The normalized spacial score (nSPS) is 19.9. The van der Waals surface area contributed by atoms with E-state index in [2.05, 4.69) is 21.2 Å². The van der Waals surface area contributed by atoms with Gasteiger partial charge in [-0.05, 0) is 47.0 Å². The summed E-state index contributed by atoms with van der Waals surface area (Å²) in [6, 6.07) is 4.84. The Balaban J connectivity index is 2.01. The third-order valence-corrected chi connectivity index (χ3v) is 3.37. The molecule has 0 spiro atoms. The molecule has 1 aromatic carbocycles. The zero-order chi connectivity index (χ0) is 12.3. The first kappa shape index (κ1) is 12.4. The number of phenols is 1. The van der Waals surface area contributed by atoms with Crippen molar-refractivity contribution in [2.24, 2.45) is 0 Å². The summed E-state index contributed by atoms with van der Waals surface area (Å²) < 4.78 is 5.87. The van der Waals surface area contributed by atoms with Crippen molar-refractivity contribution in [3.05, 3.63) is 28.2 Å². The second-order valence-corrected chi connectivity index (χ2v) is 4.91. The van der Waals surface area contributed by atoms with Gasteiger partial charge in [0, 0.05) is 12.2 Å². The highest BCUT2D eigenvalue weighted by Crippen LogP contribution is 2.24. The SMILES string of the molecule is O=C(NC1CCCOC1)c1ccc(Br)c(O)c1. The van der Waals surface area contributed by atoms with Crippen LogP contribution >= 0.6 is 15.9 Å². The fourth-order valence-corrected chi connectivity index (χ4v) is 2.02. The third kappa shape index (κ3) is 3.20. The van der Waals surface area contributed by atoms with Crippen LogP contribution in [0.2, 0.25) is 0 Å². The second-order valence-electron chi connectivity index (χ2n) is 4.05. The molecule has 0 aromatic heterocycles. The highest BCUT2D eigenvalue weighted by Gasteiger charge is 2.17. The van der Waals surface area contributed by atoms with Crippen molar-refractivity contribution in [2.75, 3.05) is 13.2 Å². The molecule has 1 aliphatic heterocycles. The molecular weight excluding hydrogens is 286 g/mol. The van der Waals surface area contributed by atoms with Gasteiger partial charge in [-0.2, -0.15) is 0 Å². The fourth-order valence-electron chi connectivity index (χ4n) is 1.78. The predicted molar refractivity (Wildman–Crippen MR) is 67.1 cm³/mol. The van der Waals surface area contributed by atoms with Crippen molar-refractivity contribution in [3.8, 4) is 5.75 Å². The van der Waals surface area contributed by atoms with Gasteiger partial charge in [0.2, 0.25) is 0 Å². The topological polar surface area (TPSA) is 58.6 Å². The Morgan fingerprint density at radius 2 is 2.35 bits per heavy atom. The molecule has 1 unspecified atom stereocenters. The standard InChI is InChI=1S/C12H14BrNO3/c13-10-4-3-8(6-11(10)15)12(16)14-9-2-1-5-17-7-9/h3-4,6,9,15H,1-2,5,7H2,(H,14,16). The maximum atomic E-state index is 11.9.